The third-order valence-electron chi connectivity index (χ3n) is 4.43. The zero-order chi connectivity index (χ0) is 21.6. The summed E-state index contributed by atoms with van der Waals surface area (Å²) in [5, 5.41) is 3.20. The first-order chi connectivity index (χ1) is 13.6. The number of halogens is 1. The van der Waals surface area contributed by atoms with Gasteiger partial charge in [0.15, 0.2) is 0 Å². The lowest BCUT2D eigenvalue weighted by molar-refractivity contribution is -0.122. The average Bonchev–Trinajstić information content (AvgIpc) is 2.66. The largest absolute Gasteiger partial charge is 0.492 e. The Labute approximate surface area is 177 Å². The van der Waals surface area contributed by atoms with Crippen molar-refractivity contribution >= 4 is 33.2 Å². The van der Waals surface area contributed by atoms with Crippen LogP contribution in [0.15, 0.2) is 42.5 Å². The molecule has 0 spiro atoms. The number of hydrogen-bond donors (Lipinski definition) is 1. The van der Waals surface area contributed by atoms with Crippen molar-refractivity contribution in [2.75, 3.05) is 23.7 Å². The molecule has 0 aliphatic rings. The molecule has 0 radical (unpaired) electrons. The molecule has 0 fully saturated rings. The molecule has 0 saturated heterocycles. The van der Waals surface area contributed by atoms with Crippen LogP contribution < -0.4 is 14.4 Å². The molecular weight excluding hydrogens is 412 g/mol. The second-order valence-corrected chi connectivity index (χ2v) is 9.14. The van der Waals surface area contributed by atoms with Crippen molar-refractivity contribution in [2.45, 2.75) is 33.2 Å². The van der Waals surface area contributed by atoms with Gasteiger partial charge in [-0.2, -0.15) is 0 Å². The molecular formula is C21H27ClN2O4S. The van der Waals surface area contributed by atoms with E-state index < -0.39 is 16.1 Å². The van der Waals surface area contributed by atoms with E-state index in [9.17, 15) is 13.2 Å². The second kappa shape index (κ2) is 9.98. The molecule has 0 aliphatic carbocycles. The molecule has 2 aromatic carbocycles. The lowest BCUT2D eigenvalue weighted by atomic mass is 10.1. The van der Waals surface area contributed by atoms with Crippen LogP contribution in [-0.4, -0.2) is 39.8 Å². The van der Waals surface area contributed by atoms with E-state index in [-0.39, 0.29) is 19.1 Å². The van der Waals surface area contributed by atoms with Crippen molar-refractivity contribution < 1.29 is 17.9 Å². The number of nitrogens with zero attached hydrogens (tertiary/aromatic N) is 1. The van der Waals surface area contributed by atoms with Crippen LogP contribution in [0.5, 0.6) is 5.75 Å². The summed E-state index contributed by atoms with van der Waals surface area (Å²) in [6.07, 6.45) is 1.39. The monoisotopic (exact) mass is 438 g/mol. The van der Waals surface area contributed by atoms with Crippen LogP contribution in [-0.2, 0) is 14.8 Å². The third-order valence-corrected chi connectivity index (χ3v) is 6.02. The van der Waals surface area contributed by atoms with Gasteiger partial charge >= 0.3 is 0 Å². The van der Waals surface area contributed by atoms with Gasteiger partial charge in [0.25, 0.3) is 0 Å². The summed E-state index contributed by atoms with van der Waals surface area (Å²) in [5.41, 5.74) is 2.32. The highest BCUT2D eigenvalue weighted by molar-refractivity contribution is 7.92. The fourth-order valence-corrected chi connectivity index (χ4v) is 4.25. The van der Waals surface area contributed by atoms with Crippen molar-refractivity contribution in [2.24, 2.45) is 0 Å². The molecule has 1 N–H and O–H groups in total. The maximum absolute atomic E-state index is 12.7. The van der Waals surface area contributed by atoms with Gasteiger partial charge in [-0.05, 0) is 50.1 Å². The second-order valence-electron chi connectivity index (χ2n) is 6.87. The van der Waals surface area contributed by atoms with Crippen molar-refractivity contribution in [3.63, 3.8) is 0 Å². The van der Waals surface area contributed by atoms with Gasteiger partial charge < -0.3 is 10.1 Å². The quantitative estimate of drug-likeness (QED) is 0.606. The molecule has 0 heterocycles. The summed E-state index contributed by atoms with van der Waals surface area (Å²) < 4.78 is 31.6. The number of carbonyl (C=O) groups is 1. The van der Waals surface area contributed by atoms with Crippen molar-refractivity contribution in [3.8, 4) is 5.75 Å². The number of ether oxygens (including phenoxy) is 1. The number of rotatable bonds is 9. The van der Waals surface area contributed by atoms with Crippen LogP contribution in [0.3, 0.4) is 0 Å². The van der Waals surface area contributed by atoms with Crippen molar-refractivity contribution in [1.82, 2.24) is 5.32 Å². The van der Waals surface area contributed by atoms with Crippen molar-refractivity contribution in [3.05, 3.63) is 58.6 Å². The van der Waals surface area contributed by atoms with Crippen molar-refractivity contribution in [1.29, 1.82) is 0 Å². The summed E-state index contributed by atoms with van der Waals surface area (Å²) in [6, 6.07) is 11.7. The third kappa shape index (κ3) is 6.37. The Morgan fingerprint density at radius 3 is 2.38 bits per heavy atom. The SMILES string of the molecule is CC[C@H](C(=O)NCCOc1ccc(C)cc1)N(c1ccc(C)c(Cl)c1)S(C)(=O)=O. The molecule has 8 heteroatoms. The maximum Gasteiger partial charge on any atom is 0.244 e. The summed E-state index contributed by atoms with van der Waals surface area (Å²) in [4.78, 5) is 12.7. The van der Waals surface area contributed by atoms with Gasteiger partial charge in [-0.25, -0.2) is 8.42 Å². The molecule has 2 rings (SSSR count). The molecule has 0 saturated carbocycles. The number of nitrogens with one attached hydrogen (secondary N) is 1. The molecule has 29 heavy (non-hydrogen) atoms. The van der Waals surface area contributed by atoms with Crippen LogP contribution in [0.25, 0.3) is 0 Å². The number of amides is 1. The minimum absolute atomic E-state index is 0.259. The molecule has 0 bridgehead atoms. The Morgan fingerprint density at radius 2 is 1.83 bits per heavy atom. The number of aryl methyl sites for hydroxylation is 2. The van der Waals surface area contributed by atoms with Crippen LogP contribution in [0, 0.1) is 13.8 Å². The highest BCUT2D eigenvalue weighted by Gasteiger charge is 2.31. The van der Waals surface area contributed by atoms with Gasteiger partial charge in [0.1, 0.15) is 18.4 Å². The Morgan fingerprint density at radius 1 is 1.17 bits per heavy atom. The Hall–Kier alpha value is -2.25. The fraction of sp³-hybridized carbons (Fsp3) is 0.381. The van der Waals surface area contributed by atoms with Gasteiger partial charge in [0.05, 0.1) is 18.5 Å². The van der Waals surface area contributed by atoms with E-state index in [4.69, 9.17) is 16.3 Å². The van der Waals surface area contributed by atoms with E-state index in [0.717, 1.165) is 21.7 Å². The highest BCUT2D eigenvalue weighted by Crippen LogP contribution is 2.27. The summed E-state index contributed by atoms with van der Waals surface area (Å²) >= 11 is 6.17. The van der Waals surface area contributed by atoms with E-state index in [0.29, 0.717) is 22.9 Å². The van der Waals surface area contributed by atoms with E-state index in [1.165, 1.54) is 0 Å². The molecule has 2 aromatic rings. The zero-order valence-electron chi connectivity index (χ0n) is 17.1. The molecule has 6 nitrogen and oxygen atoms in total. The molecule has 158 valence electrons. The van der Waals surface area contributed by atoms with Gasteiger partial charge in [-0.15, -0.1) is 0 Å². The Kier molecular flexibility index (Phi) is 7.93. The summed E-state index contributed by atoms with van der Waals surface area (Å²) in [6.45, 7) is 6.12. The predicted octanol–water partition coefficient (Wildman–Crippen LogP) is 3.70. The van der Waals surface area contributed by atoms with Crippen LogP contribution in [0.4, 0.5) is 5.69 Å². The van der Waals surface area contributed by atoms with E-state index in [2.05, 4.69) is 5.32 Å². The number of benzene rings is 2. The number of sulfonamides is 1. The topological polar surface area (TPSA) is 75.7 Å². The fourth-order valence-electron chi connectivity index (χ4n) is 2.87. The molecule has 1 amide bonds. The Balaban J connectivity index is 2.07. The van der Waals surface area contributed by atoms with Gasteiger partial charge in [-0.3, -0.25) is 9.10 Å². The first kappa shape index (κ1) is 23.0. The summed E-state index contributed by atoms with van der Waals surface area (Å²) in [5.74, 6) is 0.325. The lowest BCUT2D eigenvalue weighted by Crippen LogP contribution is -2.50. The van der Waals surface area contributed by atoms with E-state index in [1.54, 1.807) is 25.1 Å². The molecule has 0 aliphatic heterocycles. The van der Waals surface area contributed by atoms with E-state index in [1.807, 2.05) is 38.1 Å². The average molecular weight is 439 g/mol. The normalized spacial score (nSPS) is 12.3. The van der Waals surface area contributed by atoms with Gasteiger partial charge in [0.2, 0.25) is 15.9 Å². The lowest BCUT2D eigenvalue weighted by Gasteiger charge is -2.30. The first-order valence-corrected chi connectivity index (χ1v) is 11.6. The first-order valence-electron chi connectivity index (χ1n) is 9.36. The zero-order valence-corrected chi connectivity index (χ0v) is 18.7. The summed E-state index contributed by atoms with van der Waals surface area (Å²) in [7, 11) is -3.70. The molecule has 1 atom stereocenters. The van der Waals surface area contributed by atoms with Crippen LogP contribution in [0.1, 0.15) is 24.5 Å². The van der Waals surface area contributed by atoms with E-state index >= 15 is 0 Å². The number of anilines is 1. The molecule has 0 unspecified atom stereocenters. The predicted molar refractivity (Wildman–Crippen MR) is 117 cm³/mol. The minimum atomic E-state index is -3.70. The van der Waals surface area contributed by atoms with Gasteiger partial charge in [0, 0.05) is 5.02 Å². The molecule has 0 aromatic heterocycles. The number of carbonyl (C=O) groups excluding carboxylic acids is 1. The smallest absolute Gasteiger partial charge is 0.244 e. The Bertz CT molecular complexity index is 946. The highest BCUT2D eigenvalue weighted by atomic mass is 35.5. The minimum Gasteiger partial charge on any atom is -0.492 e. The van der Waals surface area contributed by atoms with Crippen LogP contribution >= 0.6 is 11.6 Å². The maximum atomic E-state index is 12.7. The van der Waals surface area contributed by atoms with Gasteiger partial charge in [-0.1, -0.05) is 42.3 Å². The number of hydrogen-bond acceptors (Lipinski definition) is 4. The standard InChI is InChI=1S/C21H27ClN2O4S/c1-5-20(21(25)23-12-13-28-18-10-6-15(2)7-11-18)24(29(4,26)27)17-9-8-16(3)19(22)14-17/h6-11,14,20H,5,12-13H2,1-4H3,(H,23,25)/t20-/m1/s1. The van der Waals surface area contributed by atoms with Crippen LogP contribution in [0.2, 0.25) is 5.02 Å².